The third-order valence-electron chi connectivity index (χ3n) is 9.68. The fourth-order valence-corrected chi connectivity index (χ4v) is 6.75. The van der Waals surface area contributed by atoms with Gasteiger partial charge in [-0.1, -0.05) is 84.5 Å². The summed E-state index contributed by atoms with van der Waals surface area (Å²) in [4.78, 5) is 36.5. The van der Waals surface area contributed by atoms with E-state index in [9.17, 15) is 14.4 Å². The first-order valence-electron chi connectivity index (χ1n) is 17.3. The highest BCUT2D eigenvalue weighted by Gasteiger charge is 2.41. The molecular weight excluding hydrogens is 500 g/mol. The highest BCUT2D eigenvalue weighted by atomic mass is 16.5. The van der Waals surface area contributed by atoms with Crippen LogP contribution in [0.15, 0.2) is 0 Å². The smallest absolute Gasteiger partial charge is 0.305 e. The molecule has 3 saturated carbocycles. The molecule has 0 aliphatic heterocycles. The van der Waals surface area contributed by atoms with E-state index in [1.165, 1.54) is 89.9 Å². The maximum absolute atomic E-state index is 12.2. The molecule has 0 heterocycles. The second kappa shape index (κ2) is 21.3. The number of esters is 2. The Hall–Kier alpha value is -1.39. The van der Waals surface area contributed by atoms with Crippen LogP contribution in [0.25, 0.3) is 0 Å². The number of unbranched alkanes of at least 4 members (excludes halogenated alkanes) is 8. The van der Waals surface area contributed by atoms with Crippen LogP contribution in [-0.4, -0.2) is 30.9 Å². The largest absolute Gasteiger partial charge is 0.466 e. The summed E-state index contributed by atoms with van der Waals surface area (Å²) in [6.07, 6.45) is 26.2. The van der Waals surface area contributed by atoms with Gasteiger partial charge in [-0.3, -0.25) is 14.4 Å². The Bertz CT molecular complexity index is 670. The summed E-state index contributed by atoms with van der Waals surface area (Å²) in [7, 11) is 0. The van der Waals surface area contributed by atoms with Crippen molar-refractivity contribution in [2.24, 2.45) is 17.3 Å². The molecule has 0 spiro atoms. The predicted molar refractivity (Wildman–Crippen MR) is 163 cm³/mol. The minimum atomic E-state index is -0.132. The molecule has 3 fully saturated rings. The normalized spacial score (nSPS) is 20.1. The molecule has 0 atom stereocenters. The molecular formula is C35H62O5. The van der Waals surface area contributed by atoms with E-state index >= 15 is 0 Å². The third kappa shape index (κ3) is 15.6. The molecule has 0 amide bonds. The van der Waals surface area contributed by atoms with E-state index in [0.717, 1.165) is 44.4 Å². The Morgan fingerprint density at radius 2 is 1.15 bits per heavy atom. The standard InChI is InChI=1S/C35H62O5/c1-3-5-10-15-30(16-11-6-4-2)24-28-39-33(37)19-13-9-7-8-12-17-32(36)18-14-20-34(38)40-29-35-25-21-31(22-26-35)23-27-35/h30-31H,3-29H2,1-2H3. The summed E-state index contributed by atoms with van der Waals surface area (Å²) in [6, 6.07) is 0. The van der Waals surface area contributed by atoms with Crippen molar-refractivity contribution in [2.75, 3.05) is 13.2 Å². The predicted octanol–water partition coefficient (Wildman–Crippen LogP) is 9.68. The molecule has 0 aromatic rings. The van der Waals surface area contributed by atoms with Gasteiger partial charge in [0.1, 0.15) is 5.78 Å². The van der Waals surface area contributed by atoms with Crippen LogP contribution in [0.4, 0.5) is 0 Å². The number of carbonyl (C=O) groups is 3. The van der Waals surface area contributed by atoms with Gasteiger partial charge in [0, 0.05) is 31.1 Å². The molecule has 2 bridgehead atoms. The number of ketones is 1. The maximum atomic E-state index is 12.2. The second-order valence-electron chi connectivity index (χ2n) is 13.2. The van der Waals surface area contributed by atoms with Crippen LogP contribution in [0.5, 0.6) is 0 Å². The lowest BCUT2D eigenvalue weighted by Gasteiger charge is -2.46. The number of hydrogen-bond acceptors (Lipinski definition) is 5. The van der Waals surface area contributed by atoms with Gasteiger partial charge in [0.15, 0.2) is 0 Å². The lowest BCUT2D eigenvalue weighted by atomic mass is 9.61. The first kappa shape index (κ1) is 34.8. The van der Waals surface area contributed by atoms with Crippen LogP contribution < -0.4 is 0 Å². The Morgan fingerprint density at radius 1 is 0.625 bits per heavy atom. The Morgan fingerprint density at radius 3 is 1.77 bits per heavy atom. The molecule has 0 aromatic heterocycles. The van der Waals surface area contributed by atoms with E-state index in [4.69, 9.17) is 9.47 Å². The van der Waals surface area contributed by atoms with E-state index in [2.05, 4.69) is 13.8 Å². The van der Waals surface area contributed by atoms with Crippen LogP contribution in [0.1, 0.15) is 174 Å². The Labute approximate surface area is 246 Å². The van der Waals surface area contributed by atoms with E-state index in [-0.39, 0.29) is 23.1 Å². The van der Waals surface area contributed by atoms with Crippen molar-refractivity contribution in [1.29, 1.82) is 0 Å². The van der Waals surface area contributed by atoms with Crippen LogP contribution in [-0.2, 0) is 23.9 Å². The van der Waals surface area contributed by atoms with Gasteiger partial charge in [-0.25, -0.2) is 0 Å². The minimum absolute atomic E-state index is 0.0552. The third-order valence-corrected chi connectivity index (χ3v) is 9.68. The molecule has 0 saturated heterocycles. The monoisotopic (exact) mass is 562 g/mol. The topological polar surface area (TPSA) is 69.7 Å². The molecule has 0 aromatic carbocycles. The molecule has 5 nitrogen and oxygen atoms in total. The summed E-state index contributed by atoms with van der Waals surface area (Å²) in [6.45, 7) is 5.65. The second-order valence-corrected chi connectivity index (χ2v) is 13.2. The Balaban J connectivity index is 1.39. The van der Waals surface area contributed by atoms with E-state index < -0.39 is 0 Å². The minimum Gasteiger partial charge on any atom is -0.466 e. The number of ether oxygens (including phenoxy) is 2. The lowest BCUT2D eigenvalue weighted by Crippen LogP contribution is -2.38. The van der Waals surface area contributed by atoms with Crippen molar-refractivity contribution in [3.8, 4) is 0 Å². The zero-order chi connectivity index (χ0) is 28.9. The molecule has 40 heavy (non-hydrogen) atoms. The van der Waals surface area contributed by atoms with Gasteiger partial charge in [0.25, 0.3) is 0 Å². The van der Waals surface area contributed by atoms with Gasteiger partial charge >= 0.3 is 11.9 Å². The van der Waals surface area contributed by atoms with E-state index in [1.54, 1.807) is 0 Å². The SMILES string of the molecule is CCCCCC(CCCCC)CCOC(=O)CCCCCCCC(=O)CCCC(=O)OCC12CCC(CC1)CC2. The molecule has 0 unspecified atom stereocenters. The molecule has 3 aliphatic rings. The zero-order valence-electron chi connectivity index (χ0n) is 26.3. The van der Waals surface area contributed by atoms with Crippen molar-refractivity contribution < 1.29 is 23.9 Å². The number of carbonyl (C=O) groups excluding carboxylic acids is 3. The number of hydrogen-bond donors (Lipinski definition) is 0. The van der Waals surface area contributed by atoms with Crippen LogP contribution >= 0.6 is 0 Å². The summed E-state index contributed by atoms with van der Waals surface area (Å²) in [5.41, 5.74) is 0.255. The summed E-state index contributed by atoms with van der Waals surface area (Å²) in [5, 5.41) is 0. The van der Waals surface area contributed by atoms with Crippen LogP contribution in [0.3, 0.4) is 0 Å². The van der Waals surface area contributed by atoms with E-state index in [0.29, 0.717) is 51.2 Å². The lowest BCUT2D eigenvalue weighted by molar-refractivity contribution is -0.150. The summed E-state index contributed by atoms with van der Waals surface area (Å²) >= 11 is 0. The number of fused-ring (bicyclic) bond motifs is 3. The molecule has 0 N–H and O–H groups in total. The fourth-order valence-electron chi connectivity index (χ4n) is 6.75. The molecule has 3 aliphatic carbocycles. The van der Waals surface area contributed by atoms with Crippen molar-refractivity contribution in [3.05, 3.63) is 0 Å². The summed E-state index contributed by atoms with van der Waals surface area (Å²) in [5.74, 6) is 1.68. The average Bonchev–Trinajstić information content (AvgIpc) is 2.96. The molecule has 0 radical (unpaired) electrons. The fraction of sp³-hybridized carbons (Fsp3) is 0.914. The maximum Gasteiger partial charge on any atom is 0.305 e. The first-order valence-corrected chi connectivity index (χ1v) is 17.3. The van der Waals surface area contributed by atoms with Gasteiger partial charge in [0.05, 0.1) is 13.2 Å². The average molecular weight is 563 g/mol. The van der Waals surface area contributed by atoms with Gasteiger partial charge in [0.2, 0.25) is 0 Å². The van der Waals surface area contributed by atoms with Gasteiger partial charge < -0.3 is 9.47 Å². The van der Waals surface area contributed by atoms with Crippen molar-refractivity contribution in [1.82, 2.24) is 0 Å². The first-order chi connectivity index (χ1) is 19.5. The highest BCUT2D eigenvalue weighted by Crippen LogP contribution is 2.50. The quantitative estimate of drug-likeness (QED) is 0.0818. The Kier molecular flexibility index (Phi) is 18.6. The van der Waals surface area contributed by atoms with Gasteiger partial charge in [-0.15, -0.1) is 0 Å². The van der Waals surface area contributed by atoms with Crippen LogP contribution in [0.2, 0.25) is 0 Å². The van der Waals surface area contributed by atoms with Crippen LogP contribution in [0, 0.1) is 17.3 Å². The number of Topliss-reactive ketones (excluding diaryl/α,β-unsaturated/α-hetero) is 1. The van der Waals surface area contributed by atoms with Crippen molar-refractivity contribution >= 4 is 17.7 Å². The molecule has 232 valence electrons. The van der Waals surface area contributed by atoms with Gasteiger partial charge in [-0.2, -0.15) is 0 Å². The zero-order valence-corrected chi connectivity index (χ0v) is 26.3. The number of rotatable bonds is 25. The molecule has 5 heteroatoms. The highest BCUT2D eigenvalue weighted by molar-refractivity contribution is 5.79. The van der Waals surface area contributed by atoms with Crippen molar-refractivity contribution in [2.45, 2.75) is 174 Å². The van der Waals surface area contributed by atoms with Crippen molar-refractivity contribution in [3.63, 3.8) is 0 Å². The van der Waals surface area contributed by atoms with Gasteiger partial charge in [-0.05, 0) is 76.0 Å². The molecule has 3 rings (SSSR count). The summed E-state index contributed by atoms with van der Waals surface area (Å²) < 4.78 is 11.2. The van der Waals surface area contributed by atoms with E-state index in [1.807, 2.05) is 0 Å².